The Kier molecular flexibility index (Phi) is 7.62. The third-order valence-corrected chi connectivity index (χ3v) is 4.46. The van der Waals surface area contributed by atoms with Crippen molar-refractivity contribution in [1.29, 1.82) is 0 Å². The van der Waals surface area contributed by atoms with E-state index in [2.05, 4.69) is 10.0 Å². The predicted molar refractivity (Wildman–Crippen MR) is 108 cm³/mol. The van der Waals surface area contributed by atoms with Crippen LogP contribution in [0.5, 0.6) is 0 Å². The summed E-state index contributed by atoms with van der Waals surface area (Å²) in [7, 11) is -3.45. The smallest absolute Gasteiger partial charge is 0.229 e. The average molecular weight is 398 g/mol. The number of anilines is 2. The lowest BCUT2D eigenvalue weighted by Crippen LogP contribution is -2.30. The van der Waals surface area contributed by atoms with Gasteiger partial charge in [-0.2, -0.15) is 0 Å². The van der Waals surface area contributed by atoms with Crippen molar-refractivity contribution in [2.24, 2.45) is 11.7 Å². The van der Waals surface area contributed by atoms with Crippen molar-refractivity contribution in [3.05, 3.63) is 59.7 Å². The van der Waals surface area contributed by atoms with Crippen molar-refractivity contribution in [3.63, 3.8) is 0 Å². The van der Waals surface area contributed by atoms with Crippen LogP contribution in [-0.2, 0) is 14.8 Å². The summed E-state index contributed by atoms with van der Waals surface area (Å²) in [6.07, 6.45) is 1.06. The maximum absolute atomic E-state index is 12.6. The molecule has 0 aliphatic heterocycles. The molecule has 0 heterocycles. The van der Waals surface area contributed by atoms with E-state index in [1.807, 2.05) is 37.3 Å². The summed E-state index contributed by atoms with van der Waals surface area (Å²) in [4.78, 5) is 12.6. The van der Waals surface area contributed by atoms with Gasteiger partial charge < -0.3 is 11.1 Å². The Morgan fingerprint density at radius 2 is 1.69 bits per heavy atom. The summed E-state index contributed by atoms with van der Waals surface area (Å²) >= 11 is 0. The van der Waals surface area contributed by atoms with Crippen LogP contribution in [0, 0.1) is 12.8 Å². The molecule has 0 spiro atoms. The Balaban J connectivity index is 0.00000338. The van der Waals surface area contributed by atoms with Gasteiger partial charge >= 0.3 is 0 Å². The Hall–Kier alpha value is -2.09. The lowest BCUT2D eigenvalue weighted by molar-refractivity contribution is -0.120. The number of benzene rings is 2. The number of rotatable bonds is 6. The highest BCUT2D eigenvalue weighted by Gasteiger charge is 2.23. The van der Waals surface area contributed by atoms with Crippen LogP contribution in [0.15, 0.2) is 48.5 Å². The van der Waals surface area contributed by atoms with Crippen LogP contribution in [0.1, 0.15) is 24.1 Å². The van der Waals surface area contributed by atoms with E-state index in [0.717, 1.165) is 17.4 Å². The van der Waals surface area contributed by atoms with Crippen LogP contribution >= 0.6 is 12.4 Å². The molecule has 0 saturated carbocycles. The third kappa shape index (κ3) is 6.01. The second-order valence-electron chi connectivity index (χ2n) is 6.14. The number of halogens is 1. The van der Waals surface area contributed by atoms with Crippen LogP contribution in [0.2, 0.25) is 0 Å². The highest BCUT2D eigenvalue weighted by atomic mass is 35.5. The first kappa shape index (κ1) is 22.0. The average Bonchev–Trinajstić information content (AvgIpc) is 2.55. The monoisotopic (exact) mass is 397 g/mol. The third-order valence-electron chi connectivity index (χ3n) is 3.87. The van der Waals surface area contributed by atoms with Crippen molar-refractivity contribution in [1.82, 2.24) is 0 Å². The number of nitrogens with one attached hydrogen (secondary N) is 2. The lowest BCUT2D eigenvalue weighted by atomic mass is 9.94. The molecule has 1 amide bonds. The second kappa shape index (κ2) is 9.02. The van der Waals surface area contributed by atoms with Gasteiger partial charge in [-0.15, -0.1) is 12.4 Å². The lowest BCUT2D eigenvalue weighted by Gasteiger charge is -2.21. The van der Waals surface area contributed by atoms with Crippen molar-refractivity contribution in [3.8, 4) is 0 Å². The van der Waals surface area contributed by atoms with E-state index >= 15 is 0 Å². The molecular formula is C18H24ClN3O3S. The minimum Gasteiger partial charge on any atom is -0.324 e. The zero-order valence-electron chi connectivity index (χ0n) is 14.9. The van der Waals surface area contributed by atoms with Gasteiger partial charge in [0, 0.05) is 6.04 Å². The molecule has 2 unspecified atom stereocenters. The molecule has 2 rings (SSSR count). The summed E-state index contributed by atoms with van der Waals surface area (Å²) in [5, 5.41) is 2.78. The van der Waals surface area contributed by atoms with Gasteiger partial charge in [0.1, 0.15) is 0 Å². The number of sulfonamides is 1. The summed E-state index contributed by atoms with van der Waals surface area (Å²) < 4.78 is 25.4. The normalized spacial score (nSPS) is 13.2. The summed E-state index contributed by atoms with van der Waals surface area (Å²) in [6, 6.07) is 14.0. The molecule has 0 aromatic heterocycles. The molecule has 2 aromatic carbocycles. The van der Waals surface area contributed by atoms with Gasteiger partial charge in [-0.05, 0) is 30.2 Å². The molecule has 2 atom stereocenters. The standard InChI is InChI=1S/C18H23N3O3S.ClH/c1-12-9-10-15(21-25(3,23)24)16(11-12)20-18(22)13(2)17(19)14-7-5-4-6-8-14;/h4-11,13,17,21H,19H2,1-3H3,(H,20,22);1H. The SMILES string of the molecule is Cc1ccc(NS(C)(=O)=O)c(NC(=O)C(C)C(N)c2ccccc2)c1.Cl. The highest BCUT2D eigenvalue weighted by Crippen LogP contribution is 2.26. The van der Waals surface area contributed by atoms with E-state index in [-0.39, 0.29) is 18.3 Å². The van der Waals surface area contributed by atoms with Crippen molar-refractivity contribution < 1.29 is 13.2 Å². The summed E-state index contributed by atoms with van der Waals surface area (Å²) in [6.45, 7) is 3.60. The molecule has 0 aliphatic carbocycles. The predicted octanol–water partition coefficient (Wildman–Crippen LogP) is 3.06. The summed E-state index contributed by atoms with van der Waals surface area (Å²) in [5.74, 6) is -0.771. The summed E-state index contributed by atoms with van der Waals surface area (Å²) in [5.41, 5.74) is 8.68. The van der Waals surface area contributed by atoms with Gasteiger partial charge in [-0.1, -0.05) is 43.3 Å². The molecule has 8 heteroatoms. The minimum atomic E-state index is -3.45. The van der Waals surface area contributed by atoms with Crippen LogP contribution in [-0.4, -0.2) is 20.6 Å². The van der Waals surface area contributed by atoms with Crippen molar-refractivity contribution in [2.45, 2.75) is 19.9 Å². The molecule has 142 valence electrons. The second-order valence-corrected chi connectivity index (χ2v) is 7.89. The topological polar surface area (TPSA) is 101 Å². The van der Waals surface area contributed by atoms with E-state index in [1.165, 1.54) is 0 Å². The largest absolute Gasteiger partial charge is 0.324 e. The maximum atomic E-state index is 12.6. The van der Waals surface area contributed by atoms with E-state index in [4.69, 9.17) is 5.73 Å². The fourth-order valence-corrected chi connectivity index (χ4v) is 3.00. The van der Waals surface area contributed by atoms with E-state index < -0.39 is 22.0 Å². The number of hydrogen-bond donors (Lipinski definition) is 3. The maximum Gasteiger partial charge on any atom is 0.229 e. The number of carbonyl (C=O) groups excluding carboxylic acids is 1. The Morgan fingerprint density at radius 3 is 2.27 bits per heavy atom. The zero-order valence-corrected chi connectivity index (χ0v) is 16.5. The molecule has 26 heavy (non-hydrogen) atoms. The molecule has 0 radical (unpaired) electrons. The van der Waals surface area contributed by atoms with Crippen LogP contribution in [0.3, 0.4) is 0 Å². The Labute approximate surface area is 160 Å². The Morgan fingerprint density at radius 1 is 1.08 bits per heavy atom. The number of hydrogen-bond acceptors (Lipinski definition) is 4. The number of carbonyl (C=O) groups is 1. The van der Waals surface area contributed by atoms with Crippen molar-refractivity contribution in [2.75, 3.05) is 16.3 Å². The molecule has 4 N–H and O–H groups in total. The van der Waals surface area contributed by atoms with Gasteiger partial charge in [0.25, 0.3) is 0 Å². The zero-order chi connectivity index (χ0) is 18.6. The van der Waals surface area contributed by atoms with Gasteiger partial charge in [0.05, 0.1) is 23.5 Å². The quantitative estimate of drug-likeness (QED) is 0.697. The highest BCUT2D eigenvalue weighted by molar-refractivity contribution is 7.92. The van der Waals surface area contributed by atoms with E-state index in [9.17, 15) is 13.2 Å². The van der Waals surface area contributed by atoms with Crippen LogP contribution in [0.25, 0.3) is 0 Å². The molecule has 0 fully saturated rings. The van der Waals surface area contributed by atoms with Crippen LogP contribution < -0.4 is 15.8 Å². The van der Waals surface area contributed by atoms with E-state index in [1.54, 1.807) is 25.1 Å². The number of nitrogens with two attached hydrogens (primary N) is 1. The first-order chi connectivity index (χ1) is 11.7. The molecule has 0 bridgehead atoms. The molecule has 0 aliphatic rings. The fraction of sp³-hybridized carbons (Fsp3) is 0.278. The fourth-order valence-electron chi connectivity index (χ4n) is 2.42. The van der Waals surface area contributed by atoms with E-state index in [0.29, 0.717) is 11.4 Å². The molecule has 6 nitrogen and oxygen atoms in total. The number of aryl methyl sites for hydroxylation is 1. The minimum absolute atomic E-state index is 0. The molecule has 0 saturated heterocycles. The van der Waals surface area contributed by atoms with Crippen LogP contribution in [0.4, 0.5) is 11.4 Å². The van der Waals surface area contributed by atoms with Gasteiger partial charge in [0.2, 0.25) is 15.9 Å². The Bertz CT molecular complexity index is 857. The number of amides is 1. The van der Waals surface area contributed by atoms with Gasteiger partial charge in [0.15, 0.2) is 0 Å². The first-order valence-corrected chi connectivity index (χ1v) is 9.76. The molecular weight excluding hydrogens is 374 g/mol. The first-order valence-electron chi connectivity index (χ1n) is 7.87. The van der Waals surface area contributed by atoms with Gasteiger partial charge in [-0.25, -0.2) is 8.42 Å². The molecule has 2 aromatic rings. The van der Waals surface area contributed by atoms with Crippen molar-refractivity contribution >= 4 is 39.7 Å². The van der Waals surface area contributed by atoms with Gasteiger partial charge in [-0.3, -0.25) is 9.52 Å².